The van der Waals surface area contributed by atoms with Gasteiger partial charge in [0.05, 0.1) is 0 Å². The summed E-state index contributed by atoms with van der Waals surface area (Å²) in [7, 11) is 0. The Labute approximate surface area is 162 Å². The molecule has 2 aromatic heterocycles. The Morgan fingerprint density at radius 2 is 1.86 bits per heavy atom. The number of carbonyl (C=O) groups excluding carboxylic acids is 2. The van der Waals surface area contributed by atoms with E-state index in [2.05, 4.69) is 4.98 Å². The van der Waals surface area contributed by atoms with Crippen LogP contribution in [0.4, 0.5) is 4.39 Å². The highest BCUT2D eigenvalue weighted by Gasteiger charge is 2.18. The molecule has 0 saturated heterocycles. The Morgan fingerprint density at radius 3 is 2.54 bits per heavy atom. The minimum atomic E-state index is -0.626. The van der Waals surface area contributed by atoms with Crippen LogP contribution < -0.4 is 0 Å². The SMILES string of the molecule is Cc1cc(C(=O)COC(=O)c2ccccn2)c(C)n1CCc1ccc(F)cc1. The van der Waals surface area contributed by atoms with Crippen molar-refractivity contribution in [2.75, 3.05) is 6.61 Å². The van der Waals surface area contributed by atoms with Crippen molar-refractivity contribution in [3.05, 3.63) is 88.8 Å². The van der Waals surface area contributed by atoms with Crippen molar-refractivity contribution in [1.29, 1.82) is 0 Å². The summed E-state index contributed by atoms with van der Waals surface area (Å²) in [5.41, 5.74) is 3.48. The monoisotopic (exact) mass is 380 g/mol. The van der Waals surface area contributed by atoms with Crippen LogP contribution in [0.25, 0.3) is 0 Å². The van der Waals surface area contributed by atoms with Crippen molar-refractivity contribution < 1.29 is 18.7 Å². The molecule has 6 heteroatoms. The molecule has 0 N–H and O–H groups in total. The third-order valence-corrected chi connectivity index (χ3v) is 4.62. The first-order valence-corrected chi connectivity index (χ1v) is 8.98. The Morgan fingerprint density at radius 1 is 1.11 bits per heavy atom. The number of ketones is 1. The third kappa shape index (κ3) is 4.52. The van der Waals surface area contributed by atoms with Gasteiger partial charge in [-0.25, -0.2) is 14.2 Å². The van der Waals surface area contributed by atoms with Gasteiger partial charge in [-0.15, -0.1) is 0 Å². The summed E-state index contributed by atoms with van der Waals surface area (Å²) < 4.78 is 20.2. The van der Waals surface area contributed by atoms with Crippen LogP contribution in [0.5, 0.6) is 0 Å². The fourth-order valence-corrected chi connectivity index (χ4v) is 3.09. The third-order valence-electron chi connectivity index (χ3n) is 4.62. The maximum Gasteiger partial charge on any atom is 0.357 e. The van der Waals surface area contributed by atoms with Gasteiger partial charge in [-0.1, -0.05) is 18.2 Å². The molecule has 3 aromatic rings. The number of hydrogen-bond donors (Lipinski definition) is 0. The lowest BCUT2D eigenvalue weighted by molar-refractivity contribution is 0.0468. The maximum absolute atomic E-state index is 13.0. The lowest BCUT2D eigenvalue weighted by Crippen LogP contribution is -2.16. The number of carbonyl (C=O) groups is 2. The number of benzene rings is 1. The number of aryl methyl sites for hydroxylation is 2. The van der Waals surface area contributed by atoms with Gasteiger partial charge in [0, 0.05) is 29.7 Å². The van der Waals surface area contributed by atoms with E-state index in [-0.39, 0.29) is 23.9 Å². The Balaban J connectivity index is 1.64. The van der Waals surface area contributed by atoms with E-state index in [1.165, 1.54) is 24.4 Å². The second kappa shape index (κ2) is 8.61. The van der Waals surface area contributed by atoms with Crippen LogP contribution in [0.3, 0.4) is 0 Å². The molecule has 5 nitrogen and oxygen atoms in total. The lowest BCUT2D eigenvalue weighted by atomic mass is 10.1. The molecule has 0 fully saturated rings. The first-order valence-electron chi connectivity index (χ1n) is 8.98. The van der Waals surface area contributed by atoms with Gasteiger partial charge in [0.1, 0.15) is 11.5 Å². The zero-order valence-electron chi connectivity index (χ0n) is 15.8. The molecule has 3 rings (SSSR count). The van der Waals surface area contributed by atoms with Gasteiger partial charge in [-0.05, 0) is 56.2 Å². The largest absolute Gasteiger partial charge is 0.453 e. The number of halogens is 1. The van der Waals surface area contributed by atoms with Crippen LogP contribution in [0.1, 0.15) is 37.8 Å². The summed E-state index contributed by atoms with van der Waals surface area (Å²) in [6, 6.07) is 13.1. The van der Waals surface area contributed by atoms with E-state index in [4.69, 9.17) is 4.74 Å². The van der Waals surface area contributed by atoms with Crippen molar-refractivity contribution in [2.24, 2.45) is 0 Å². The molecule has 28 heavy (non-hydrogen) atoms. The molecule has 0 aliphatic carbocycles. The van der Waals surface area contributed by atoms with Crippen LogP contribution in [-0.4, -0.2) is 27.9 Å². The van der Waals surface area contributed by atoms with Gasteiger partial charge < -0.3 is 9.30 Å². The summed E-state index contributed by atoms with van der Waals surface area (Å²) in [4.78, 5) is 28.4. The number of rotatable bonds is 7. The van der Waals surface area contributed by atoms with Crippen molar-refractivity contribution in [3.8, 4) is 0 Å². The minimum absolute atomic E-state index is 0.167. The van der Waals surface area contributed by atoms with Crippen molar-refractivity contribution >= 4 is 11.8 Å². The van der Waals surface area contributed by atoms with E-state index in [0.29, 0.717) is 12.1 Å². The van der Waals surface area contributed by atoms with E-state index in [1.807, 2.05) is 18.4 Å². The average molecular weight is 380 g/mol. The summed E-state index contributed by atoms with van der Waals surface area (Å²) in [5, 5.41) is 0. The first kappa shape index (κ1) is 19.5. The van der Waals surface area contributed by atoms with Gasteiger partial charge >= 0.3 is 5.97 Å². The highest BCUT2D eigenvalue weighted by atomic mass is 19.1. The molecule has 0 radical (unpaired) electrons. The molecule has 2 heterocycles. The second-order valence-electron chi connectivity index (χ2n) is 6.53. The Hall–Kier alpha value is -3.28. The molecular weight excluding hydrogens is 359 g/mol. The lowest BCUT2D eigenvalue weighted by Gasteiger charge is -2.10. The van der Waals surface area contributed by atoms with Crippen molar-refractivity contribution in [1.82, 2.24) is 9.55 Å². The summed E-state index contributed by atoms with van der Waals surface area (Å²) in [6.07, 6.45) is 2.21. The molecule has 0 aliphatic heterocycles. The molecule has 0 bridgehead atoms. The molecule has 144 valence electrons. The fourth-order valence-electron chi connectivity index (χ4n) is 3.09. The Kier molecular flexibility index (Phi) is 5.99. The number of hydrogen-bond acceptors (Lipinski definition) is 4. The van der Waals surface area contributed by atoms with Gasteiger partial charge in [-0.2, -0.15) is 0 Å². The maximum atomic E-state index is 13.0. The van der Waals surface area contributed by atoms with Crippen molar-refractivity contribution in [3.63, 3.8) is 0 Å². The highest BCUT2D eigenvalue weighted by molar-refractivity contribution is 6.00. The molecule has 0 aliphatic rings. The molecule has 0 saturated carbocycles. The number of aromatic nitrogens is 2. The molecule has 0 atom stereocenters. The number of ether oxygens (including phenoxy) is 1. The van der Waals surface area contributed by atoms with Crippen LogP contribution in [0.2, 0.25) is 0 Å². The second-order valence-corrected chi connectivity index (χ2v) is 6.53. The van der Waals surface area contributed by atoms with Gasteiger partial charge in [0.2, 0.25) is 5.78 Å². The summed E-state index contributed by atoms with van der Waals surface area (Å²) in [6.45, 7) is 4.13. The molecule has 1 aromatic carbocycles. The van der Waals surface area contributed by atoms with E-state index < -0.39 is 5.97 Å². The quantitative estimate of drug-likeness (QED) is 0.460. The summed E-state index contributed by atoms with van der Waals surface area (Å²) >= 11 is 0. The predicted octanol–water partition coefficient (Wildman–Crippen LogP) is 3.92. The molecule has 0 spiro atoms. The van der Waals surface area contributed by atoms with E-state index in [1.54, 1.807) is 30.3 Å². The topological polar surface area (TPSA) is 61.2 Å². The van der Waals surface area contributed by atoms with Crippen LogP contribution in [0.15, 0.2) is 54.7 Å². The van der Waals surface area contributed by atoms with E-state index in [0.717, 1.165) is 23.4 Å². The number of nitrogens with zero attached hydrogens (tertiary/aromatic N) is 2. The van der Waals surface area contributed by atoms with Gasteiger partial charge in [0.25, 0.3) is 0 Å². The Bertz CT molecular complexity index is 979. The van der Waals surface area contributed by atoms with Gasteiger partial charge in [-0.3, -0.25) is 4.79 Å². The standard InChI is InChI=1S/C22H21FN2O3/c1-15-13-19(21(26)14-28-22(27)20-5-3-4-11-24-20)16(2)25(15)12-10-17-6-8-18(23)9-7-17/h3-9,11,13H,10,12,14H2,1-2H3. The summed E-state index contributed by atoms with van der Waals surface area (Å²) in [5.74, 6) is -1.14. The zero-order valence-corrected chi connectivity index (χ0v) is 15.8. The van der Waals surface area contributed by atoms with Crippen LogP contribution in [-0.2, 0) is 17.7 Å². The predicted molar refractivity (Wildman–Crippen MR) is 103 cm³/mol. The van der Waals surface area contributed by atoms with Crippen LogP contribution in [0, 0.1) is 19.7 Å². The molecule has 0 amide bonds. The zero-order chi connectivity index (χ0) is 20.1. The molecular formula is C22H21FN2O3. The normalized spacial score (nSPS) is 10.7. The van der Waals surface area contributed by atoms with Gasteiger partial charge in [0.15, 0.2) is 6.61 Å². The number of Topliss-reactive ketones (excluding diaryl/α,β-unsaturated/α-hetero) is 1. The first-order chi connectivity index (χ1) is 13.5. The fraction of sp³-hybridized carbons (Fsp3) is 0.227. The van der Waals surface area contributed by atoms with Crippen molar-refractivity contribution in [2.45, 2.75) is 26.8 Å². The van der Waals surface area contributed by atoms with E-state index >= 15 is 0 Å². The van der Waals surface area contributed by atoms with E-state index in [9.17, 15) is 14.0 Å². The number of esters is 1. The smallest absolute Gasteiger partial charge is 0.357 e. The minimum Gasteiger partial charge on any atom is -0.453 e. The average Bonchev–Trinajstić information content (AvgIpc) is 3.00. The highest BCUT2D eigenvalue weighted by Crippen LogP contribution is 2.17. The van der Waals surface area contributed by atoms with Crippen LogP contribution >= 0.6 is 0 Å². The molecule has 0 unspecified atom stereocenters. The number of pyridine rings is 1.